The molecule has 1 N–H and O–H groups in total. The highest BCUT2D eigenvalue weighted by Crippen LogP contribution is 2.29. The highest BCUT2D eigenvalue weighted by Gasteiger charge is 2.21. The number of carbonyl (C=O) groups is 1. The van der Waals surface area contributed by atoms with Crippen LogP contribution in [0.1, 0.15) is 15.9 Å². The van der Waals surface area contributed by atoms with Crippen LogP contribution < -0.4 is 10.2 Å². The second-order valence-corrected chi connectivity index (χ2v) is 10.6. The highest BCUT2D eigenvalue weighted by atomic mass is 35.5. The molecule has 3 aromatic carbocycles. The lowest BCUT2D eigenvalue weighted by atomic mass is 9.96. The zero-order chi connectivity index (χ0) is 25.9. The van der Waals surface area contributed by atoms with Crippen molar-refractivity contribution in [1.29, 1.82) is 0 Å². The second kappa shape index (κ2) is 10.9. The molecule has 1 aliphatic rings. The number of anilines is 2. The zero-order valence-corrected chi connectivity index (χ0v) is 22.3. The Morgan fingerprint density at radius 3 is 2.58 bits per heavy atom. The van der Waals surface area contributed by atoms with Crippen molar-refractivity contribution in [2.75, 3.05) is 36.4 Å². The third-order valence-electron chi connectivity index (χ3n) is 6.85. The fourth-order valence-corrected chi connectivity index (χ4v) is 5.77. The number of carbonyl (C=O) groups excluding carboxylic acids is 1. The van der Waals surface area contributed by atoms with E-state index in [-0.39, 0.29) is 5.91 Å². The Bertz CT molecular complexity index is 1580. The van der Waals surface area contributed by atoms with Crippen LogP contribution in [0.4, 0.5) is 11.5 Å². The first-order valence-corrected chi connectivity index (χ1v) is 13.8. The van der Waals surface area contributed by atoms with Gasteiger partial charge in [-0.3, -0.25) is 9.69 Å². The van der Waals surface area contributed by atoms with E-state index in [4.69, 9.17) is 11.6 Å². The molecule has 0 saturated carbocycles. The Kier molecular flexibility index (Phi) is 7.05. The van der Waals surface area contributed by atoms with Crippen molar-refractivity contribution in [2.24, 2.45) is 0 Å². The lowest BCUT2D eigenvalue weighted by molar-refractivity contribution is 0.102. The number of halogens is 1. The molecule has 0 radical (unpaired) electrons. The lowest BCUT2D eigenvalue weighted by Gasteiger charge is -2.36. The zero-order valence-electron chi connectivity index (χ0n) is 20.7. The third-order valence-corrected chi connectivity index (χ3v) is 7.95. The van der Waals surface area contributed by atoms with Crippen molar-refractivity contribution in [2.45, 2.75) is 6.54 Å². The van der Waals surface area contributed by atoms with Gasteiger partial charge in [-0.1, -0.05) is 48.0 Å². The summed E-state index contributed by atoms with van der Waals surface area (Å²) in [6.07, 6.45) is 1.78. The molecule has 6 rings (SSSR count). The van der Waals surface area contributed by atoms with Crippen LogP contribution in [0.2, 0.25) is 5.02 Å². The van der Waals surface area contributed by atoms with Gasteiger partial charge in [0.15, 0.2) is 0 Å². The van der Waals surface area contributed by atoms with Gasteiger partial charge in [-0.2, -0.15) is 0 Å². The quantitative estimate of drug-likeness (QED) is 0.264. The van der Waals surface area contributed by atoms with Crippen LogP contribution in [0.15, 0.2) is 90.6 Å². The number of benzene rings is 3. The van der Waals surface area contributed by atoms with E-state index in [1.54, 1.807) is 17.5 Å². The van der Waals surface area contributed by atoms with Crippen LogP contribution in [0, 0.1) is 0 Å². The molecule has 8 heteroatoms. The van der Waals surface area contributed by atoms with Crippen LogP contribution in [0.3, 0.4) is 0 Å². The van der Waals surface area contributed by atoms with Crippen molar-refractivity contribution in [3.05, 3.63) is 107 Å². The standard InChI is InChI=1S/C30H26ClN5OS/c31-26-7-4-12-32-29(26)36-15-13-35(14-16-36)19-23-17-22(8-10-25(23)21-5-2-1-3-6-21)30(37)34-24-9-11-28-27(18-24)33-20-38-28/h1-12,17-18,20H,13-16,19H2,(H,34,37). The molecule has 6 nitrogen and oxygen atoms in total. The minimum Gasteiger partial charge on any atom is -0.353 e. The molecular weight excluding hydrogens is 514 g/mol. The summed E-state index contributed by atoms with van der Waals surface area (Å²) in [4.78, 5) is 26.7. The smallest absolute Gasteiger partial charge is 0.255 e. The summed E-state index contributed by atoms with van der Waals surface area (Å²) in [5.74, 6) is 0.711. The predicted molar refractivity (Wildman–Crippen MR) is 156 cm³/mol. The van der Waals surface area contributed by atoms with Crippen molar-refractivity contribution in [3.63, 3.8) is 0 Å². The van der Waals surface area contributed by atoms with E-state index in [2.05, 4.69) is 43.3 Å². The van der Waals surface area contributed by atoms with Crippen molar-refractivity contribution in [3.8, 4) is 11.1 Å². The van der Waals surface area contributed by atoms with Gasteiger partial charge in [-0.15, -0.1) is 11.3 Å². The fraction of sp³-hybridized carbons (Fsp3) is 0.167. The van der Waals surface area contributed by atoms with Gasteiger partial charge in [-0.25, -0.2) is 9.97 Å². The first kappa shape index (κ1) is 24.6. The molecule has 0 aliphatic carbocycles. The minimum absolute atomic E-state index is 0.130. The summed E-state index contributed by atoms with van der Waals surface area (Å²) in [6, 6.07) is 25.9. The van der Waals surface area contributed by atoms with Gasteiger partial charge in [0.25, 0.3) is 5.91 Å². The van der Waals surface area contributed by atoms with E-state index in [9.17, 15) is 4.79 Å². The average molecular weight is 540 g/mol. The molecule has 3 heterocycles. The molecule has 2 aromatic heterocycles. The summed E-state index contributed by atoms with van der Waals surface area (Å²) in [7, 11) is 0. The number of nitrogens with zero attached hydrogens (tertiary/aromatic N) is 4. The maximum absolute atomic E-state index is 13.2. The van der Waals surface area contributed by atoms with Gasteiger partial charge in [-0.05, 0) is 59.2 Å². The molecule has 190 valence electrons. The van der Waals surface area contributed by atoms with E-state index >= 15 is 0 Å². The molecular formula is C30H26ClN5OS. The molecule has 5 aromatic rings. The molecule has 0 atom stereocenters. The molecule has 38 heavy (non-hydrogen) atoms. The van der Waals surface area contributed by atoms with Crippen molar-refractivity contribution >= 4 is 50.6 Å². The molecule has 1 saturated heterocycles. The number of rotatable bonds is 6. The number of amides is 1. The Labute approximate surface area is 230 Å². The number of piperazine rings is 1. The van der Waals surface area contributed by atoms with E-state index < -0.39 is 0 Å². The van der Waals surface area contributed by atoms with E-state index in [1.165, 1.54) is 0 Å². The van der Waals surface area contributed by atoms with Gasteiger partial charge in [0.1, 0.15) is 5.82 Å². The summed E-state index contributed by atoms with van der Waals surface area (Å²) < 4.78 is 1.10. The van der Waals surface area contributed by atoms with E-state index in [0.29, 0.717) is 10.6 Å². The normalized spacial score (nSPS) is 14.1. The van der Waals surface area contributed by atoms with Crippen LogP contribution in [0.25, 0.3) is 21.3 Å². The van der Waals surface area contributed by atoms with Crippen LogP contribution >= 0.6 is 22.9 Å². The largest absolute Gasteiger partial charge is 0.353 e. The average Bonchev–Trinajstić information content (AvgIpc) is 3.42. The van der Waals surface area contributed by atoms with Crippen LogP contribution in [-0.2, 0) is 6.54 Å². The second-order valence-electron chi connectivity index (χ2n) is 9.30. The lowest BCUT2D eigenvalue weighted by Crippen LogP contribution is -2.46. The topological polar surface area (TPSA) is 61.4 Å². The number of pyridine rings is 1. The first-order valence-electron chi connectivity index (χ1n) is 12.5. The van der Waals surface area contributed by atoms with Crippen LogP contribution in [-0.4, -0.2) is 47.0 Å². The molecule has 0 bridgehead atoms. The van der Waals surface area contributed by atoms with Crippen LogP contribution in [0.5, 0.6) is 0 Å². The maximum atomic E-state index is 13.2. The van der Waals surface area contributed by atoms with Gasteiger partial charge in [0, 0.05) is 50.2 Å². The number of aromatic nitrogens is 2. The maximum Gasteiger partial charge on any atom is 0.255 e. The highest BCUT2D eigenvalue weighted by molar-refractivity contribution is 7.16. The number of thiazole rings is 1. The fourth-order valence-electron chi connectivity index (χ4n) is 4.87. The summed E-state index contributed by atoms with van der Waals surface area (Å²) in [5, 5.41) is 3.73. The predicted octanol–water partition coefficient (Wildman–Crippen LogP) is 6.59. The Morgan fingerprint density at radius 2 is 1.76 bits per heavy atom. The number of fused-ring (bicyclic) bond motifs is 1. The van der Waals surface area contributed by atoms with Gasteiger partial charge in [0.2, 0.25) is 0 Å². The Morgan fingerprint density at radius 1 is 0.921 bits per heavy atom. The Balaban J connectivity index is 1.22. The third kappa shape index (κ3) is 5.27. The first-order chi connectivity index (χ1) is 18.6. The number of hydrogen-bond donors (Lipinski definition) is 1. The summed E-state index contributed by atoms with van der Waals surface area (Å²) in [5.41, 5.74) is 7.49. The Hall–Kier alpha value is -3.78. The SMILES string of the molecule is O=C(Nc1ccc2scnc2c1)c1ccc(-c2ccccc2)c(CN2CCN(c3ncccc3Cl)CC2)c1. The molecule has 1 aliphatic heterocycles. The summed E-state index contributed by atoms with van der Waals surface area (Å²) in [6.45, 7) is 4.20. The molecule has 1 fully saturated rings. The van der Waals surface area contributed by atoms with E-state index in [0.717, 1.165) is 71.1 Å². The summed E-state index contributed by atoms with van der Waals surface area (Å²) >= 11 is 7.97. The minimum atomic E-state index is -0.130. The molecule has 1 amide bonds. The van der Waals surface area contributed by atoms with Crippen molar-refractivity contribution in [1.82, 2.24) is 14.9 Å². The molecule has 0 spiro atoms. The molecule has 0 unspecified atom stereocenters. The van der Waals surface area contributed by atoms with Gasteiger partial charge < -0.3 is 10.2 Å². The number of hydrogen-bond acceptors (Lipinski definition) is 6. The monoisotopic (exact) mass is 539 g/mol. The van der Waals surface area contributed by atoms with Crippen molar-refractivity contribution < 1.29 is 4.79 Å². The van der Waals surface area contributed by atoms with Gasteiger partial charge in [0.05, 0.1) is 20.7 Å². The van der Waals surface area contributed by atoms with E-state index in [1.807, 2.05) is 66.2 Å². The number of nitrogens with one attached hydrogen (secondary N) is 1. The van der Waals surface area contributed by atoms with Gasteiger partial charge >= 0.3 is 0 Å².